The Labute approximate surface area is 235 Å². The molecule has 0 fully saturated rings. The molecule has 0 saturated carbocycles. The Balaban J connectivity index is 1.50. The van der Waals surface area contributed by atoms with E-state index in [9.17, 15) is 9.59 Å². The number of fused-ring (bicyclic) bond motifs is 1. The second-order valence-electron chi connectivity index (χ2n) is 11.0. The number of carboxylic acids is 1. The molecule has 2 N–H and O–H groups in total. The molecule has 9 nitrogen and oxygen atoms in total. The highest BCUT2D eigenvalue weighted by Gasteiger charge is 2.17. The number of carbonyl (C=O) groups is 2. The van der Waals surface area contributed by atoms with E-state index in [2.05, 4.69) is 52.8 Å². The molecule has 4 rings (SSSR count). The molecule has 10 heteroatoms. The summed E-state index contributed by atoms with van der Waals surface area (Å²) in [5.41, 5.74) is 5.22. The van der Waals surface area contributed by atoms with Crippen molar-refractivity contribution < 1.29 is 24.2 Å². The van der Waals surface area contributed by atoms with Crippen molar-refractivity contribution in [3.63, 3.8) is 0 Å². The number of amides is 1. The van der Waals surface area contributed by atoms with Gasteiger partial charge in [0, 0.05) is 51.5 Å². The smallest absolute Gasteiger partial charge is 0.335 e. The topological polar surface area (TPSA) is 108 Å². The highest BCUT2D eigenvalue weighted by molar-refractivity contribution is 6.76. The van der Waals surface area contributed by atoms with Gasteiger partial charge in [0.25, 0.3) is 5.91 Å². The first-order chi connectivity index (χ1) is 19.1. The van der Waals surface area contributed by atoms with Crippen LogP contribution in [0.4, 0.5) is 0 Å². The zero-order chi connectivity index (χ0) is 28.9. The standard InChI is InChI=1S/C30H38N4O5Si/c1-6-38-19-25-16-24-15-23(11-12-27(24)34(25)20-39-13-14-40(3,4)5)28-17-26(32-33(28)2)29(35)31-18-21-7-9-22(10-8-21)30(36)37/h7-12,15-17H,6,13-14,18-20H2,1-5H3,(H,31,35)(H,36,37). The fraction of sp³-hybridized carbons (Fsp3) is 0.367. The van der Waals surface area contributed by atoms with Gasteiger partial charge in [0.1, 0.15) is 6.73 Å². The fourth-order valence-electron chi connectivity index (χ4n) is 4.39. The summed E-state index contributed by atoms with van der Waals surface area (Å²) in [4.78, 5) is 23.9. The number of ether oxygens (including phenoxy) is 2. The Hall–Kier alpha value is -3.73. The van der Waals surface area contributed by atoms with Gasteiger partial charge in [0.15, 0.2) is 5.69 Å². The monoisotopic (exact) mass is 562 g/mol. The molecule has 0 radical (unpaired) electrons. The molecule has 2 aromatic heterocycles. The first-order valence-corrected chi connectivity index (χ1v) is 17.2. The average Bonchev–Trinajstić information content (AvgIpc) is 3.47. The van der Waals surface area contributed by atoms with Crippen LogP contribution in [0.15, 0.2) is 54.6 Å². The molecule has 0 aliphatic carbocycles. The third-order valence-electron chi connectivity index (χ3n) is 6.72. The summed E-state index contributed by atoms with van der Waals surface area (Å²) in [6.45, 7) is 11.7. The number of aromatic carboxylic acids is 1. The summed E-state index contributed by atoms with van der Waals surface area (Å²) in [5.74, 6) is -1.28. The fourth-order valence-corrected chi connectivity index (χ4v) is 5.14. The maximum absolute atomic E-state index is 12.8. The van der Waals surface area contributed by atoms with Crippen LogP contribution in [0.2, 0.25) is 25.7 Å². The van der Waals surface area contributed by atoms with Gasteiger partial charge in [-0.3, -0.25) is 9.48 Å². The summed E-state index contributed by atoms with van der Waals surface area (Å²) in [6, 6.07) is 17.7. The molecular formula is C30H38N4O5Si. The Morgan fingerprint density at radius 1 is 1.02 bits per heavy atom. The van der Waals surface area contributed by atoms with E-state index in [1.165, 1.54) is 12.1 Å². The third-order valence-corrected chi connectivity index (χ3v) is 8.42. The van der Waals surface area contributed by atoms with Crippen LogP contribution in [-0.4, -0.2) is 52.6 Å². The van der Waals surface area contributed by atoms with Crippen molar-refractivity contribution in [3.8, 4) is 11.3 Å². The largest absolute Gasteiger partial charge is 0.478 e. The second-order valence-corrected chi connectivity index (χ2v) is 16.7. The molecule has 2 aromatic carbocycles. The first kappa shape index (κ1) is 29.3. The van der Waals surface area contributed by atoms with Crippen molar-refractivity contribution in [2.24, 2.45) is 7.05 Å². The van der Waals surface area contributed by atoms with E-state index >= 15 is 0 Å². The van der Waals surface area contributed by atoms with Gasteiger partial charge >= 0.3 is 5.97 Å². The molecule has 0 aliphatic rings. The van der Waals surface area contributed by atoms with Crippen LogP contribution in [0.3, 0.4) is 0 Å². The number of aromatic nitrogens is 3. The van der Waals surface area contributed by atoms with Crippen LogP contribution in [0.5, 0.6) is 0 Å². The van der Waals surface area contributed by atoms with Crippen LogP contribution in [0.1, 0.15) is 39.0 Å². The molecule has 0 atom stereocenters. The molecule has 0 unspecified atom stereocenters. The van der Waals surface area contributed by atoms with Gasteiger partial charge in [0.2, 0.25) is 0 Å². The number of carbonyl (C=O) groups excluding carboxylic acids is 1. The highest BCUT2D eigenvalue weighted by Crippen LogP contribution is 2.28. The van der Waals surface area contributed by atoms with Crippen LogP contribution < -0.4 is 5.32 Å². The van der Waals surface area contributed by atoms with Gasteiger partial charge in [-0.05, 0) is 54.9 Å². The Bertz CT molecular complexity index is 1480. The lowest BCUT2D eigenvalue weighted by molar-refractivity contribution is 0.0696. The minimum atomic E-state index is -1.17. The van der Waals surface area contributed by atoms with E-state index < -0.39 is 14.0 Å². The quantitative estimate of drug-likeness (QED) is 0.164. The van der Waals surface area contributed by atoms with Crippen molar-refractivity contribution in [2.75, 3.05) is 13.2 Å². The van der Waals surface area contributed by atoms with E-state index in [0.29, 0.717) is 25.6 Å². The minimum Gasteiger partial charge on any atom is -0.478 e. The van der Waals surface area contributed by atoms with Crippen LogP contribution in [0.25, 0.3) is 22.2 Å². The lowest BCUT2D eigenvalue weighted by Crippen LogP contribution is -2.23. The van der Waals surface area contributed by atoms with Crippen molar-refractivity contribution in [3.05, 3.63) is 77.1 Å². The number of hydrogen-bond acceptors (Lipinski definition) is 5. The average molecular weight is 563 g/mol. The summed E-state index contributed by atoms with van der Waals surface area (Å²) in [6.07, 6.45) is 0. The number of aryl methyl sites for hydroxylation is 1. The number of carboxylic acid groups (broad SMARTS) is 1. The minimum absolute atomic E-state index is 0.205. The SMILES string of the molecule is CCOCc1cc2cc(-c3cc(C(=O)NCc4ccc(C(=O)O)cc4)nn3C)ccc2n1COCC[Si](C)(C)C. The number of nitrogens with one attached hydrogen (secondary N) is 1. The van der Waals surface area contributed by atoms with Crippen LogP contribution in [0, 0.1) is 0 Å². The lowest BCUT2D eigenvalue weighted by Gasteiger charge is -2.17. The van der Waals surface area contributed by atoms with Gasteiger partial charge in [-0.1, -0.05) is 37.8 Å². The summed E-state index contributed by atoms with van der Waals surface area (Å²) in [5, 5.41) is 17.4. The van der Waals surface area contributed by atoms with Crippen molar-refractivity contribution in [1.82, 2.24) is 19.7 Å². The van der Waals surface area contributed by atoms with Crippen LogP contribution in [-0.2, 0) is 36.4 Å². The van der Waals surface area contributed by atoms with Crippen molar-refractivity contribution in [2.45, 2.75) is 52.5 Å². The van der Waals surface area contributed by atoms with Crippen molar-refractivity contribution in [1.29, 1.82) is 0 Å². The normalized spacial score (nSPS) is 11.7. The molecule has 0 spiro atoms. The molecule has 4 aromatic rings. The number of hydrogen-bond donors (Lipinski definition) is 2. The predicted octanol–water partition coefficient (Wildman–Crippen LogP) is 5.52. The summed E-state index contributed by atoms with van der Waals surface area (Å²) in [7, 11) is 0.651. The van der Waals surface area contributed by atoms with E-state index in [1.54, 1.807) is 22.9 Å². The van der Waals surface area contributed by atoms with Gasteiger partial charge in [-0.2, -0.15) is 5.10 Å². The first-order valence-electron chi connectivity index (χ1n) is 13.5. The predicted molar refractivity (Wildman–Crippen MR) is 158 cm³/mol. The molecule has 212 valence electrons. The van der Waals surface area contributed by atoms with Gasteiger partial charge in [-0.25, -0.2) is 4.79 Å². The summed E-state index contributed by atoms with van der Waals surface area (Å²) >= 11 is 0. The number of rotatable bonds is 13. The maximum atomic E-state index is 12.8. The van der Waals surface area contributed by atoms with E-state index in [1.807, 2.05) is 20.0 Å². The number of benzene rings is 2. The number of nitrogens with zero attached hydrogens (tertiary/aromatic N) is 3. The Morgan fingerprint density at radius 3 is 2.45 bits per heavy atom. The second kappa shape index (κ2) is 12.6. The zero-order valence-electron chi connectivity index (χ0n) is 23.9. The van der Waals surface area contributed by atoms with Gasteiger partial charge in [-0.15, -0.1) is 0 Å². The van der Waals surface area contributed by atoms with Gasteiger partial charge < -0.3 is 24.5 Å². The molecule has 0 saturated heterocycles. The zero-order valence-corrected chi connectivity index (χ0v) is 24.9. The molecular weight excluding hydrogens is 524 g/mol. The van der Waals surface area contributed by atoms with E-state index in [0.717, 1.165) is 46.1 Å². The van der Waals surface area contributed by atoms with Gasteiger partial charge in [0.05, 0.1) is 23.4 Å². The van der Waals surface area contributed by atoms with Crippen LogP contribution >= 0.6 is 0 Å². The third kappa shape index (κ3) is 7.26. The van der Waals surface area contributed by atoms with E-state index in [4.69, 9.17) is 14.6 Å². The lowest BCUT2D eigenvalue weighted by atomic mass is 10.1. The molecule has 0 aliphatic heterocycles. The molecule has 40 heavy (non-hydrogen) atoms. The molecule has 0 bridgehead atoms. The molecule has 1 amide bonds. The summed E-state index contributed by atoms with van der Waals surface area (Å²) < 4.78 is 15.7. The highest BCUT2D eigenvalue weighted by atomic mass is 28.3. The van der Waals surface area contributed by atoms with Crippen molar-refractivity contribution >= 4 is 30.9 Å². The van der Waals surface area contributed by atoms with E-state index in [-0.39, 0.29) is 18.0 Å². The Morgan fingerprint density at radius 2 is 1.77 bits per heavy atom. The molecule has 2 heterocycles. The maximum Gasteiger partial charge on any atom is 0.335 e. The Kier molecular flexibility index (Phi) is 9.24.